The third-order valence-electron chi connectivity index (χ3n) is 8.48. The number of aromatic nitrogens is 2. The number of carbonyl (C=O) groups excluding carboxylic acids is 2. The first-order chi connectivity index (χ1) is 19.2. The predicted molar refractivity (Wildman–Crippen MR) is 160 cm³/mol. The number of pyridine rings is 2. The Kier molecular flexibility index (Phi) is 7.78. The van der Waals surface area contributed by atoms with Crippen molar-refractivity contribution in [2.75, 3.05) is 34.8 Å². The molecule has 2 amide bonds. The van der Waals surface area contributed by atoms with Crippen molar-refractivity contribution >= 4 is 39.3 Å². The zero-order chi connectivity index (χ0) is 29.6. The van der Waals surface area contributed by atoms with E-state index in [2.05, 4.69) is 54.5 Å². The van der Waals surface area contributed by atoms with Gasteiger partial charge in [-0.15, -0.1) is 0 Å². The minimum Gasteiger partial charge on any atom is -0.370 e. The summed E-state index contributed by atoms with van der Waals surface area (Å²) < 4.78 is 28.6. The first kappa shape index (κ1) is 29.3. The van der Waals surface area contributed by atoms with Gasteiger partial charge in [-0.05, 0) is 88.0 Å². The highest BCUT2D eigenvalue weighted by Gasteiger charge is 2.42. The molecule has 1 unspecified atom stereocenters. The fraction of sp³-hybridized carbons (Fsp3) is 0.600. The van der Waals surface area contributed by atoms with Gasteiger partial charge in [-0.2, -0.15) is 8.42 Å². The van der Waals surface area contributed by atoms with Gasteiger partial charge in [0.25, 0.3) is 15.9 Å². The van der Waals surface area contributed by atoms with Crippen molar-refractivity contribution in [2.45, 2.75) is 83.7 Å². The molecule has 2 atom stereocenters. The Hall–Kier alpha value is -3.21. The number of rotatable bonds is 3. The predicted octanol–water partition coefficient (Wildman–Crippen LogP) is 4.59. The van der Waals surface area contributed by atoms with Gasteiger partial charge in [-0.25, -0.2) is 14.7 Å². The van der Waals surface area contributed by atoms with E-state index >= 15 is 0 Å². The van der Waals surface area contributed by atoms with Crippen molar-refractivity contribution in [3.63, 3.8) is 0 Å². The zero-order valence-electron chi connectivity index (χ0n) is 24.7. The van der Waals surface area contributed by atoms with Crippen LogP contribution < -0.4 is 19.8 Å². The summed E-state index contributed by atoms with van der Waals surface area (Å²) in [7, 11) is -4.24. The maximum Gasteiger partial charge on any atom is 0.281 e. The lowest BCUT2D eigenvalue weighted by Crippen LogP contribution is -2.41. The molecule has 0 aromatic carbocycles. The Labute approximate surface area is 243 Å². The number of nitrogens with one attached hydrogen (secondary N) is 2. The lowest BCUT2D eigenvalue weighted by Gasteiger charge is -2.34. The van der Waals surface area contributed by atoms with Crippen LogP contribution in [0.15, 0.2) is 35.4 Å². The molecule has 41 heavy (non-hydrogen) atoms. The van der Waals surface area contributed by atoms with Gasteiger partial charge >= 0.3 is 0 Å². The molecular formula is C30H42N6O4S. The number of hydrogen-bond acceptors (Lipinski definition) is 8. The van der Waals surface area contributed by atoms with Gasteiger partial charge in [-0.3, -0.25) is 14.5 Å². The van der Waals surface area contributed by atoms with Gasteiger partial charge in [0.2, 0.25) is 5.91 Å². The van der Waals surface area contributed by atoms with E-state index < -0.39 is 15.9 Å². The van der Waals surface area contributed by atoms with Gasteiger partial charge in [0.1, 0.15) is 17.5 Å². The highest BCUT2D eigenvalue weighted by Crippen LogP contribution is 2.41. The van der Waals surface area contributed by atoms with Gasteiger partial charge < -0.3 is 10.2 Å². The van der Waals surface area contributed by atoms with E-state index in [4.69, 9.17) is 4.98 Å². The van der Waals surface area contributed by atoms with E-state index in [1.807, 2.05) is 0 Å². The number of hydrogen-bond donors (Lipinski definition) is 2. The minimum atomic E-state index is -4.24. The summed E-state index contributed by atoms with van der Waals surface area (Å²) in [4.78, 5) is 40.0. The van der Waals surface area contributed by atoms with Crippen LogP contribution in [0.1, 0.15) is 83.5 Å². The van der Waals surface area contributed by atoms with E-state index in [0.717, 1.165) is 38.5 Å². The summed E-state index contributed by atoms with van der Waals surface area (Å²) in [5.41, 5.74) is -0.00470. The van der Waals surface area contributed by atoms with E-state index in [1.54, 1.807) is 29.2 Å². The molecule has 5 heterocycles. The molecular weight excluding hydrogens is 540 g/mol. The van der Waals surface area contributed by atoms with Crippen LogP contribution in [0.2, 0.25) is 0 Å². The molecule has 5 rings (SSSR count). The molecule has 2 N–H and O–H groups in total. The molecule has 0 spiro atoms. The first-order valence-electron chi connectivity index (χ1n) is 14.6. The SMILES string of the molecule is CC(C)(C)CCC1CCN(c2ccc3c(n2)N2C[C@@H](CCCNc4cccc(n4)S(=O)(=O)NC3=O)CC2(C)C)C1=O. The van der Waals surface area contributed by atoms with Crippen LogP contribution in [0.5, 0.6) is 0 Å². The number of carbonyl (C=O) groups is 2. The molecule has 2 aromatic heterocycles. The maximum absolute atomic E-state index is 13.6. The number of fused-ring (bicyclic) bond motifs is 6. The van der Waals surface area contributed by atoms with Crippen molar-refractivity contribution in [3.8, 4) is 0 Å². The van der Waals surface area contributed by atoms with Gasteiger partial charge in [0.15, 0.2) is 5.03 Å². The Morgan fingerprint density at radius 2 is 1.85 bits per heavy atom. The smallest absolute Gasteiger partial charge is 0.281 e. The van der Waals surface area contributed by atoms with E-state index in [0.29, 0.717) is 43.0 Å². The van der Waals surface area contributed by atoms with Crippen molar-refractivity contribution < 1.29 is 18.0 Å². The molecule has 2 fully saturated rings. The maximum atomic E-state index is 13.6. The minimum absolute atomic E-state index is 0.0495. The lowest BCUT2D eigenvalue weighted by atomic mass is 9.86. The van der Waals surface area contributed by atoms with Gasteiger partial charge in [0.05, 0.1) is 5.56 Å². The highest BCUT2D eigenvalue weighted by atomic mass is 32.2. The second-order valence-electron chi connectivity index (χ2n) is 13.5. The standard InChI is InChI=1S/C30H42N6O4S/c1-29(2,3)15-13-21-14-17-35(28(21)38)24-12-11-22-26(33-24)36-19-20(18-30(36,4)5)8-7-16-31-23-9-6-10-25(32-23)41(39,40)34-27(22)37/h6,9-12,20-21H,7-8,13-19H2,1-5H3,(H,31,32)(H,34,37)/t20-,21?/m0/s1. The normalized spacial score (nSPS) is 24.2. The topological polar surface area (TPSA) is 125 Å². The molecule has 0 radical (unpaired) electrons. The van der Waals surface area contributed by atoms with Crippen LogP contribution in [0.4, 0.5) is 17.5 Å². The van der Waals surface area contributed by atoms with Gasteiger partial charge in [0, 0.05) is 31.1 Å². The Morgan fingerprint density at radius 3 is 2.61 bits per heavy atom. The summed E-state index contributed by atoms with van der Waals surface area (Å²) >= 11 is 0. The van der Waals surface area contributed by atoms with E-state index in [1.165, 1.54) is 6.07 Å². The molecule has 2 aromatic rings. The van der Waals surface area contributed by atoms with Crippen LogP contribution in [0.25, 0.3) is 0 Å². The van der Waals surface area contributed by atoms with Gasteiger partial charge in [-0.1, -0.05) is 26.8 Å². The number of nitrogens with zero attached hydrogens (tertiary/aromatic N) is 4. The molecule has 0 saturated carbocycles. The summed E-state index contributed by atoms with van der Waals surface area (Å²) in [6, 6.07) is 7.95. The van der Waals surface area contributed by atoms with E-state index in [9.17, 15) is 18.0 Å². The van der Waals surface area contributed by atoms with Crippen molar-refractivity contribution in [3.05, 3.63) is 35.9 Å². The quantitative estimate of drug-likeness (QED) is 0.539. The van der Waals surface area contributed by atoms with Crippen LogP contribution in [-0.4, -0.2) is 55.4 Å². The Bertz CT molecular complexity index is 1430. The fourth-order valence-corrected chi connectivity index (χ4v) is 7.20. The molecule has 10 nitrogen and oxygen atoms in total. The molecule has 3 aliphatic rings. The zero-order valence-corrected chi connectivity index (χ0v) is 25.6. The summed E-state index contributed by atoms with van der Waals surface area (Å²) in [5, 5.41) is 2.98. The fourth-order valence-electron chi connectivity index (χ4n) is 6.27. The number of amides is 2. The molecule has 0 aliphatic carbocycles. The average Bonchev–Trinajstić information content (AvgIpc) is 3.41. The third kappa shape index (κ3) is 6.34. The number of sulfonamides is 1. The molecule has 2 saturated heterocycles. The molecule has 11 heteroatoms. The summed E-state index contributed by atoms with van der Waals surface area (Å²) in [6.45, 7) is 12.7. The van der Waals surface area contributed by atoms with Crippen LogP contribution in [0.3, 0.4) is 0 Å². The second-order valence-corrected chi connectivity index (χ2v) is 15.1. The molecule has 4 bridgehead atoms. The second kappa shape index (κ2) is 10.9. The largest absolute Gasteiger partial charge is 0.370 e. The van der Waals surface area contributed by atoms with E-state index in [-0.39, 0.29) is 33.4 Å². The third-order valence-corrected chi connectivity index (χ3v) is 9.71. The average molecular weight is 583 g/mol. The number of anilines is 3. The van der Waals surface area contributed by atoms with Crippen molar-refractivity contribution in [1.29, 1.82) is 0 Å². The van der Waals surface area contributed by atoms with Crippen LogP contribution in [-0.2, 0) is 14.8 Å². The lowest BCUT2D eigenvalue weighted by molar-refractivity contribution is -0.120. The Morgan fingerprint density at radius 1 is 1.07 bits per heavy atom. The van der Waals surface area contributed by atoms with Crippen LogP contribution >= 0.6 is 0 Å². The monoisotopic (exact) mass is 582 g/mol. The summed E-state index contributed by atoms with van der Waals surface area (Å²) in [6.07, 6.45) is 5.32. The summed E-state index contributed by atoms with van der Waals surface area (Å²) in [5.74, 6) is 0.961. The Balaban J connectivity index is 1.52. The first-order valence-corrected chi connectivity index (χ1v) is 16.1. The van der Waals surface area contributed by atoms with Crippen LogP contribution in [0, 0.1) is 17.3 Å². The molecule has 3 aliphatic heterocycles. The molecule has 222 valence electrons. The van der Waals surface area contributed by atoms with Crippen molar-refractivity contribution in [2.24, 2.45) is 17.3 Å². The highest BCUT2D eigenvalue weighted by molar-refractivity contribution is 7.90. The van der Waals surface area contributed by atoms with Crippen molar-refractivity contribution in [1.82, 2.24) is 14.7 Å².